The van der Waals surface area contributed by atoms with Crippen LogP contribution in [0, 0.1) is 0 Å². The van der Waals surface area contributed by atoms with Crippen LogP contribution in [-0.2, 0) is 11.2 Å². The van der Waals surface area contributed by atoms with Gasteiger partial charge in [-0.3, -0.25) is 4.79 Å². The molecule has 0 aromatic carbocycles. The second-order valence-corrected chi connectivity index (χ2v) is 3.19. The molecule has 2 aromatic rings. The van der Waals surface area contributed by atoms with Gasteiger partial charge < -0.3 is 15.3 Å². The van der Waals surface area contributed by atoms with Crippen LogP contribution in [0.1, 0.15) is 5.69 Å². The topological polar surface area (TPSA) is 115 Å². The van der Waals surface area contributed by atoms with Crippen molar-refractivity contribution in [2.24, 2.45) is 5.73 Å². The fourth-order valence-electron chi connectivity index (χ4n) is 1.24. The molecule has 0 aliphatic heterocycles. The lowest BCUT2D eigenvalue weighted by molar-refractivity contribution is -0.138. The Morgan fingerprint density at radius 3 is 3.00 bits per heavy atom. The molecule has 16 heavy (non-hydrogen) atoms. The van der Waals surface area contributed by atoms with Gasteiger partial charge in [0.05, 0.1) is 6.26 Å². The Morgan fingerprint density at radius 1 is 1.56 bits per heavy atom. The molecule has 2 aromatic heterocycles. The van der Waals surface area contributed by atoms with E-state index in [2.05, 4.69) is 14.9 Å². The molecule has 0 saturated carbocycles. The molecule has 84 valence electrons. The number of furan rings is 1. The zero-order valence-corrected chi connectivity index (χ0v) is 8.16. The van der Waals surface area contributed by atoms with Crippen molar-refractivity contribution in [2.45, 2.75) is 12.5 Å². The lowest BCUT2D eigenvalue weighted by atomic mass is 10.1. The molecule has 0 bridgehead atoms. The lowest BCUT2D eigenvalue weighted by Crippen LogP contribution is -2.32. The first kappa shape index (κ1) is 10.4. The van der Waals surface area contributed by atoms with Crippen LogP contribution in [0.25, 0.3) is 11.5 Å². The van der Waals surface area contributed by atoms with Crippen LogP contribution in [0.3, 0.4) is 0 Å². The number of rotatable bonds is 4. The van der Waals surface area contributed by atoms with Crippen molar-refractivity contribution in [1.82, 2.24) is 10.3 Å². The maximum absolute atomic E-state index is 10.6. The monoisotopic (exact) mass is 223 g/mol. The van der Waals surface area contributed by atoms with Crippen molar-refractivity contribution >= 4 is 5.97 Å². The van der Waals surface area contributed by atoms with Crippen molar-refractivity contribution in [3.63, 3.8) is 0 Å². The fourth-order valence-corrected chi connectivity index (χ4v) is 1.24. The number of aliphatic carboxylic acids is 1. The summed E-state index contributed by atoms with van der Waals surface area (Å²) in [5.41, 5.74) is 6.13. The van der Waals surface area contributed by atoms with E-state index >= 15 is 0 Å². The van der Waals surface area contributed by atoms with E-state index in [-0.39, 0.29) is 6.42 Å². The van der Waals surface area contributed by atoms with Crippen LogP contribution in [0.2, 0.25) is 0 Å². The Hall–Kier alpha value is -2.15. The van der Waals surface area contributed by atoms with Crippen molar-refractivity contribution < 1.29 is 18.9 Å². The Kier molecular flexibility index (Phi) is 2.69. The second-order valence-electron chi connectivity index (χ2n) is 3.19. The van der Waals surface area contributed by atoms with E-state index in [0.717, 1.165) is 0 Å². The molecule has 0 spiro atoms. The summed E-state index contributed by atoms with van der Waals surface area (Å²) in [5.74, 6) is -0.637. The molecule has 0 amide bonds. The molecule has 0 fully saturated rings. The summed E-state index contributed by atoms with van der Waals surface area (Å²) in [4.78, 5) is 10.6. The van der Waals surface area contributed by atoms with Gasteiger partial charge in [-0.1, -0.05) is 5.16 Å². The van der Waals surface area contributed by atoms with Crippen molar-refractivity contribution in [2.75, 3.05) is 0 Å². The molecule has 0 aliphatic carbocycles. The van der Waals surface area contributed by atoms with Gasteiger partial charge in [-0.2, -0.15) is 0 Å². The van der Waals surface area contributed by atoms with Crippen LogP contribution in [0.15, 0.2) is 27.4 Å². The van der Waals surface area contributed by atoms with Gasteiger partial charge in [-0.15, -0.1) is 0 Å². The quantitative estimate of drug-likeness (QED) is 0.764. The molecule has 7 nitrogen and oxygen atoms in total. The molecule has 0 radical (unpaired) electrons. The van der Waals surface area contributed by atoms with Crippen LogP contribution in [0.5, 0.6) is 0 Å². The van der Waals surface area contributed by atoms with Gasteiger partial charge in [0.1, 0.15) is 11.7 Å². The second kappa shape index (κ2) is 4.15. The normalized spacial score (nSPS) is 12.6. The van der Waals surface area contributed by atoms with E-state index in [1.807, 2.05) is 0 Å². The lowest BCUT2D eigenvalue weighted by Gasteiger charge is -2.02. The first-order chi connectivity index (χ1) is 7.68. The smallest absolute Gasteiger partial charge is 0.320 e. The number of hydrogen-bond donors (Lipinski definition) is 2. The molecule has 2 heterocycles. The molecule has 0 saturated heterocycles. The minimum absolute atomic E-state index is 0.0366. The number of carboxylic acid groups (broad SMARTS) is 1. The van der Waals surface area contributed by atoms with Gasteiger partial charge in [-0.25, -0.2) is 4.63 Å². The third-order valence-electron chi connectivity index (χ3n) is 2.04. The molecule has 1 atom stereocenters. The van der Waals surface area contributed by atoms with Crippen molar-refractivity contribution in [1.29, 1.82) is 0 Å². The van der Waals surface area contributed by atoms with Crippen molar-refractivity contribution in [3.8, 4) is 11.5 Å². The van der Waals surface area contributed by atoms with E-state index in [1.54, 1.807) is 12.1 Å². The molecule has 2 rings (SSSR count). The molecular weight excluding hydrogens is 214 g/mol. The maximum Gasteiger partial charge on any atom is 0.320 e. The van der Waals surface area contributed by atoms with Crippen LogP contribution in [-0.4, -0.2) is 27.4 Å². The maximum atomic E-state index is 10.6. The van der Waals surface area contributed by atoms with E-state index < -0.39 is 12.0 Å². The Morgan fingerprint density at radius 2 is 2.38 bits per heavy atom. The Bertz CT molecular complexity index is 477. The number of nitrogens with zero attached hydrogens (tertiary/aromatic N) is 2. The highest BCUT2D eigenvalue weighted by molar-refractivity contribution is 5.73. The number of hydrogen-bond acceptors (Lipinski definition) is 6. The average molecular weight is 223 g/mol. The average Bonchev–Trinajstić information content (AvgIpc) is 2.85. The third-order valence-corrected chi connectivity index (χ3v) is 2.04. The number of carbonyl (C=O) groups is 1. The van der Waals surface area contributed by atoms with Crippen LogP contribution >= 0.6 is 0 Å². The Labute approximate surface area is 89.8 Å². The van der Waals surface area contributed by atoms with Gasteiger partial charge in [-0.05, 0) is 17.3 Å². The summed E-state index contributed by atoms with van der Waals surface area (Å²) < 4.78 is 9.65. The predicted octanol–water partition coefficient (Wildman–Crippen LogP) is 0.284. The van der Waals surface area contributed by atoms with E-state index in [9.17, 15) is 4.79 Å². The molecule has 1 unspecified atom stereocenters. The zero-order valence-electron chi connectivity index (χ0n) is 8.16. The molecule has 7 heteroatoms. The van der Waals surface area contributed by atoms with Gasteiger partial charge in [0.15, 0.2) is 11.5 Å². The van der Waals surface area contributed by atoms with Gasteiger partial charge in [0.25, 0.3) is 0 Å². The minimum Gasteiger partial charge on any atom is -0.480 e. The highest BCUT2D eigenvalue weighted by atomic mass is 16.6. The molecule has 0 aliphatic rings. The summed E-state index contributed by atoms with van der Waals surface area (Å²) in [5, 5.41) is 15.9. The SMILES string of the molecule is NC(Cc1nonc1-c1ccco1)C(=O)O. The number of aromatic nitrogens is 2. The standard InChI is InChI=1S/C9H9N3O4/c10-5(9(13)14)4-6-8(12-16-11-6)7-2-1-3-15-7/h1-3,5H,4,10H2,(H,13,14). The summed E-state index contributed by atoms with van der Waals surface area (Å²) in [6.45, 7) is 0. The Balaban J connectivity index is 2.23. The summed E-state index contributed by atoms with van der Waals surface area (Å²) in [7, 11) is 0. The minimum atomic E-state index is -1.10. The van der Waals surface area contributed by atoms with Gasteiger partial charge >= 0.3 is 5.97 Å². The summed E-state index contributed by atoms with van der Waals surface area (Å²) in [6.07, 6.45) is 1.51. The van der Waals surface area contributed by atoms with Crippen molar-refractivity contribution in [3.05, 3.63) is 24.1 Å². The largest absolute Gasteiger partial charge is 0.480 e. The fraction of sp³-hybridized carbons (Fsp3) is 0.222. The van der Waals surface area contributed by atoms with Gasteiger partial charge in [0.2, 0.25) is 0 Å². The summed E-state index contributed by atoms with van der Waals surface area (Å²) in [6, 6.07) is 2.32. The van der Waals surface area contributed by atoms with Crippen LogP contribution in [0.4, 0.5) is 0 Å². The molecule has 3 N–H and O–H groups in total. The highest BCUT2D eigenvalue weighted by Gasteiger charge is 2.20. The van der Waals surface area contributed by atoms with Gasteiger partial charge in [0, 0.05) is 6.42 Å². The third kappa shape index (κ3) is 1.94. The number of carboxylic acids is 1. The molecular formula is C9H9N3O4. The number of nitrogens with two attached hydrogens (primary N) is 1. The van der Waals surface area contributed by atoms with Crippen LogP contribution < -0.4 is 5.73 Å². The van der Waals surface area contributed by atoms with E-state index in [0.29, 0.717) is 17.1 Å². The first-order valence-electron chi connectivity index (χ1n) is 4.52. The predicted molar refractivity (Wildman–Crippen MR) is 51.3 cm³/mol. The first-order valence-corrected chi connectivity index (χ1v) is 4.52. The van der Waals surface area contributed by atoms with E-state index in [1.165, 1.54) is 6.26 Å². The zero-order chi connectivity index (χ0) is 11.5. The van der Waals surface area contributed by atoms with E-state index in [4.69, 9.17) is 15.3 Å². The summed E-state index contributed by atoms with van der Waals surface area (Å²) >= 11 is 0. The highest BCUT2D eigenvalue weighted by Crippen LogP contribution is 2.21.